The number of rotatable bonds is 6. The molecule has 3 aromatic rings. The summed E-state index contributed by atoms with van der Waals surface area (Å²) in [6, 6.07) is 6.27. The van der Waals surface area contributed by atoms with E-state index in [9.17, 15) is 9.59 Å². The van der Waals surface area contributed by atoms with E-state index in [1.165, 1.54) is 11.8 Å². The van der Waals surface area contributed by atoms with Gasteiger partial charge in [0, 0.05) is 31.0 Å². The molecule has 0 fully saturated rings. The Kier molecular flexibility index (Phi) is 6.12. The van der Waals surface area contributed by atoms with Gasteiger partial charge in [0.1, 0.15) is 19.0 Å². The smallest absolute Gasteiger partial charge is 0.325 e. The number of amides is 3. The summed E-state index contributed by atoms with van der Waals surface area (Å²) < 4.78 is 18.1. The molecule has 0 aliphatic carbocycles. The average Bonchev–Trinajstić information content (AvgIpc) is 3.33. The van der Waals surface area contributed by atoms with Gasteiger partial charge in [-0.25, -0.2) is 4.79 Å². The van der Waals surface area contributed by atoms with Gasteiger partial charge in [-0.1, -0.05) is 11.8 Å². The Balaban J connectivity index is 1.25. The second-order valence-electron chi connectivity index (χ2n) is 6.71. The molecule has 31 heavy (non-hydrogen) atoms. The Morgan fingerprint density at radius 2 is 1.97 bits per heavy atom. The van der Waals surface area contributed by atoms with Gasteiger partial charge >= 0.3 is 6.03 Å². The van der Waals surface area contributed by atoms with E-state index in [2.05, 4.69) is 20.8 Å². The van der Waals surface area contributed by atoms with Crippen molar-refractivity contribution in [2.45, 2.75) is 18.5 Å². The molecule has 2 N–H and O–H groups in total. The standard InChI is InChI=1S/C20H21N5O5S/c1-12-14(5-7-28-12)18-23-24-20(25(18)2)31-10-6-17(26)22-19(27)21-13-3-4-15-16(11-13)30-9-8-29-15/h3-5,7,11H,6,8-10H2,1-2H3,(H2,21,22,26,27). The molecule has 0 bridgehead atoms. The zero-order chi connectivity index (χ0) is 21.8. The quantitative estimate of drug-likeness (QED) is 0.558. The fraction of sp³-hybridized carbons (Fsp3) is 0.300. The maximum Gasteiger partial charge on any atom is 0.325 e. The lowest BCUT2D eigenvalue weighted by Gasteiger charge is -2.19. The highest BCUT2D eigenvalue weighted by Gasteiger charge is 2.16. The van der Waals surface area contributed by atoms with Crippen LogP contribution < -0.4 is 20.1 Å². The number of hydrogen-bond acceptors (Lipinski definition) is 8. The number of benzene rings is 1. The van der Waals surface area contributed by atoms with Crippen molar-refractivity contribution in [2.75, 3.05) is 24.3 Å². The largest absolute Gasteiger partial charge is 0.486 e. The van der Waals surface area contributed by atoms with E-state index in [1.807, 2.05) is 24.6 Å². The number of carbonyl (C=O) groups excluding carboxylic acids is 2. The van der Waals surface area contributed by atoms with Gasteiger partial charge < -0.3 is 23.8 Å². The molecule has 2 aromatic heterocycles. The van der Waals surface area contributed by atoms with Crippen LogP contribution in [0.25, 0.3) is 11.4 Å². The van der Waals surface area contributed by atoms with Crippen LogP contribution in [0.3, 0.4) is 0 Å². The van der Waals surface area contributed by atoms with Gasteiger partial charge in [-0.15, -0.1) is 10.2 Å². The molecule has 3 heterocycles. The van der Waals surface area contributed by atoms with Crippen LogP contribution in [0.15, 0.2) is 40.1 Å². The topological polar surface area (TPSA) is 121 Å². The number of carbonyl (C=O) groups is 2. The van der Waals surface area contributed by atoms with Crippen LogP contribution in [0.2, 0.25) is 0 Å². The monoisotopic (exact) mass is 443 g/mol. The van der Waals surface area contributed by atoms with Crippen molar-refractivity contribution in [1.82, 2.24) is 20.1 Å². The molecular weight excluding hydrogens is 422 g/mol. The predicted octanol–water partition coefficient (Wildman–Crippen LogP) is 2.99. The van der Waals surface area contributed by atoms with Gasteiger partial charge in [0.05, 0.1) is 11.8 Å². The molecule has 4 rings (SSSR count). The molecule has 162 valence electrons. The zero-order valence-electron chi connectivity index (χ0n) is 17.0. The average molecular weight is 443 g/mol. The van der Waals surface area contributed by atoms with Crippen molar-refractivity contribution < 1.29 is 23.5 Å². The molecule has 1 aromatic carbocycles. The second kappa shape index (κ2) is 9.13. The molecular formula is C20H21N5O5S. The maximum absolute atomic E-state index is 12.1. The van der Waals surface area contributed by atoms with E-state index in [0.717, 1.165) is 11.3 Å². The first-order valence-corrected chi connectivity index (χ1v) is 10.6. The summed E-state index contributed by atoms with van der Waals surface area (Å²) in [5.41, 5.74) is 1.38. The summed E-state index contributed by atoms with van der Waals surface area (Å²) in [5.74, 6) is 2.68. The van der Waals surface area contributed by atoms with E-state index in [1.54, 1.807) is 24.5 Å². The third-order valence-electron chi connectivity index (χ3n) is 4.55. The second-order valence-corrected chi connectivity index (χ2v) is 7.78. The summed E-state index contributed by atoms with van der Waals surface area (Å²) >= 11 is 1.38. The number of anilines is 1. The molecule has 0 atom stereocenters. The molecule has 1 aliphatic heterocycles. The Labute approximate surface area is 182 Å². The fourth-order valence-electron chi connectivity index (χ4n) is 3.00. The van der Waals surface area contributed by atoms with Crippen LogP contribution in [0.5, 0.6) is 11.5 Å². The van der Waals surface area contributed by atoms with Crippen molar-refractivity contribution in [3.05, 3.63) is 36.3 Å². The first-order valence-electron chi connectivity index (χ1n) is 9.58. The fourth-order valence-corrected chi connectivity index (χ4v) is 3.85. The lowest BCUT2D eigenvalue weighted by molar-refractivity contribution is -0.119. The highest BCUT2D eigenvalue weighted by molar-refractivity contribution is 7.99. The molecule has 1 aliphatic rings. The van der Waals surface area contributed by atoms with Crippen LogP contribution in [-0.2, 0) is 11.8 Å². The number of fused-ring (bicyclic) bond motifs is 1. The minimum atomic E-state index is -0.608. The van der Waals surface area contributed by atoms with Crippen molar-refractivity contribution in [3.8, 4) is 22.9 Å². The number of hydrogen-bond donors (Lipinski definition) is 2. The molecule has 0 unspecified atom stereocenters. The van der Waals surface area contributed by atoms with Crippen LogP contribution in [0, 0.1) is 6.92 Å². The van der Waals surface area contributed by atoms with Crippen LogP contribution >= 0.6 is 11.8 Å². The Hall–Kier alpha value is -3.47. The van der Waals surface area contributed by atoms with Crippen molar-refractivity contribution in [3.63, 3.8) is 0 Å². The van der Waals surface area contributed by atoms with Crippen LogP contribution in [0.4, 0.5) is 10.5 Å². The number of aryl methyl sites for hydroxylation is 1. The van der Waals surface area contributed by atoms with Gasteiger partial charge in [0.25, 0.3) is 0 Å². The van der Waals surface area contributed by atoms with Gasteiger partial charge in [-0.05, 0) is 25.1 Å². The number of furan rings is 1. The number of aromatic nitrogens is 3. The third-order valence-corrected chi connectivity index (χ3v) is 5.57. The first kappa shape index (κ1) is 20.8. The number of thioether (sulfide) groups is 1. The Morgan fingerprint density at radius 3 is 2.74 bits per heavy atom. The van der Waals surface area contributed by atoms with Crippen LogP contribution in [-0.4, -0.2) is 45.7 Å². The summed E-state index contributed by atoms with van der Waals surface area (Å²) in [7, 11) is 1.85. The molecule has 0 saturated carbocycles. The van der Waals surface area contributed by atoms with E-state index in [0.29, 0.717) is 47.1 Å². The molecule has 0 spiro atoms. The number of imide groups is 1. The lowest BCUT2D eigenvalue weighted by Crippen LogP contribution is -2.34. The van der Waals surface area contributed by atoms with Gasteiger partial charge in [-0.3, -0.25) is 10.1 Å². The van der Waals surface area contributed by atoms with E-state index in [-0.39, 0.29) is 6.42 Å². The summed E-state index contributed by atoms with van der Waals surface area (Å²) in [5, 5.41) is 14.0. The molecule has 10 nitrogen and oxygen atoms in total. The van der Waals surface area contributed by atoms with Crippen molar-refractivity contribution >= 4 is 29.4 Å². The van der Waals surface area contributed by atoms with Gasteiger partial charge in [0.15, 0.2) is 22.5 Å². The van der Waals surface area contributed by atoms with Crippen molar-refractivity contribution in [1.29, 1.82) is 0 Å². The number of urea groups is 1. The highest BCUT2D eigenvalue weighted by atomic mass is 32.2. The van der Waals surface area contributed by atoms with E-state index >= 15 is 0 Å². The Bertz CT molecular complexity index is 1110. The molecule has 11 heteroatoms. The minimum Gasteiger partial charge on any atom is -0.486 e. The third kappa shape index (κ3) is 4.82. The molecule has 0 radical (unpaired) electrons. The van der Waals surface area contributed by atoms with Gasteiger partial charge in [0.2, 0.25) is 5.91 Å². The first-order chi connectivity index (χ1) is 15.0. The van der Waals surface area contributed by atoms with Crippen LogP contribution in [0.1, 0.15) is 12.2 Å². The number of ether oxygens (including phenoxy) is 2. The summed E-state index contributed by atoms with van der Waals surface area (Å²) in [4.78, 5) is 24.2. The maximum atomic E-state index is 12.1. The van der Waals surface area contributed by atoms with Crippen molar-refractivity contribution in [2.24, 2.45) is 7.05 Å². The Morgan fingerprint density at radius 1 is 1.16 bits per heavy atom. The predicted molar refractivity (Wildman–Crippen MR) is 113 cm³/mol. The number of nitrogens with one attached hydrogen (secondary N) is 2. The molecule has 3 amide bonds. The zero-order valence-corrected chi connectivity index (χ0v) is 17.8. The minimum absolute atomic E-state index is 0.145. The summed E-state index contributed by atoms with van der Waals surface area (Å²) in [6.45, 7) is 2.80. The summed E-state index contributed by atoms with van der Waals surface area (Å²) in [6.07, 6.45) is 1.75. The van der Waals surface area contributed by atoms with Gasteiger partial charge in [-0.2, -0.15) is 0 Å². The normalized spacial score (nSPS) is 12.5. The highest BCUT2D eigenvalue weighted by Crippen LogP contribution is 2.32. The molecule has 0 saturated heterocycles. The SMILES string of the molecule is Cc1occc1-c1nnc(SCCC(=O)NC(=O)Nc2ccc3c(c2)OCCO3)n1C. The van der Waals surface area contributed by atoms with E-state index < -0.39 is 11.9 Å². The number of nitrogens with zero attached hydrogens (tertiary/aromatic N) is 3. The lowest BCUT2D eigenvalue weighted by atomic mass is 10.2. The van der Waals surface area contributed by atoms with E-state index in [4.69, 9.17) is 13.9 Å².